The quantitative estimate of drug-likeness (QED) is 0.244. The average molecular weight is 310 g/mol. The summed E-state index contributed by atoms with van der Waals surface area (Å²) in [6, 6.07) is 15.5. The summed E-state index contributed by atoms with van der Waals surface area (Å²) in [4.78, 5) is 0.696. The number of aryl methyl sites for hydroxylation is 2. The molecule has 0 aliphatic rings. The van der Waals surface area contributed by atoms with E-state index in [0.717, 1.165) is 12.8 Å². The van der Waals surface area contributed by atoms with Gasteiger partial charge in [0.25, 0.3) is 0 Å². The Balaban J connectivity index is 1.98. The molecule has 0 aliphatic carbocycles. The Kier molecular flexibility index (Phi) is 6.79. The first kappa shape index (κ1) is 17.2. The van der Waals surface area contributed by atoms with Crippen molar-refractivity contribution in [1.29, 1.82) is 0 Å². The first-order valence-corrected chi connectivity index (χ1v) is 8.59. The molecular weight excluding hydrogens is 284 g/mol. The van der Waals surface area contributed by atoms with Gasteiger partial charge in [0.2, 0.25) is 5.69 Å². The molecule has 0 heterocycles. The highest BCUT2D eigenvalue weighted by Crippen LogP contribution is 2.19. The number of hydrogen-bond acceptors (Lipinski definition) is 2. The van der Waals surface area contributed by atoms with Gasteiger partial charge in [0.1, 0.15) is 5.69 Å². The minimum Gasteiger partial charge on any atom is -0.594 e. The Morgan fingerprint density at radius 2 is 1.48 bits per heavy atom. The van der Waals surface area contributed by atoms with Crippen LogP contribution in [0.3, 0.4) is 0 Å². The Hall–Kier alpha value is -2.16. The minimum atomic E-state index is 0.571. The molecule has 0 spiro atoms. The van der Waals surface area contributed by atoms with Crippen LogP contribution in [0.1, 0.15) is 50.7 Å². The highest BCUT2D eigenvalue weighted by atomic mass is 16.5. The van der Waals surface area contributed by atoms with E-state index >= 15 is 0 Å². The van der Waals surface area contributed by atoms with E-state index in [-0.39, 0.29) is 0 Å². The third-order valence-corrected chi connectivity index (χ3v) is 4.03. The van der Waals surface area contributed by atoms with Gasteiger partial charge >= 0.3 is 0 Å². The molecule has 0 unspecified atom stereocenters. The molecule has 0 aliphatic heterocycles. The summed E-state index contributed by atoms with van der Waals surface area (Å²) in [5, 5.41) is 16.2. The van der Waals surface area contributed by atoms with E-state index in [1.54, 1.807) is 0 Å². The van der Waals surface area contributed by atoms with Crippen LogP contribution in [-0.4, -0.2) is 4.86 Å². The summed E-state index contributed by atoms with van der Waals surface area (Å²) >= 11 is 0. The first-order valence-electron chi connectivity index (χ1n) is 8.59. The van der Waals surface area contributed by atoms with E-state index < -0.39 is 0 Å². The monoisotopic (exact) mass is 310 g/mol. The SMILES string of the molecule is CCCCCCc1ccc([N+]([O-])=Nc2ccc(CC)cc2)cc1. The Bertz CT molecular complexity index is 615. The molecule has 0 amide bonds. The first-order chi connectivity index (χ1) is 11.2. The zero-order valence-electron chi connectivity index (χ0n) is 14.2. The van der Waals surface area contributed by atoms with Crippen LogP contribution in [-0.2, 0) is 12.8 Å². The van der Waals surface area contributed by atoms with Crippen LogP contribution in [0.5, 0.6) is 0 Å². The molecular formula is C20H26N2O. The van der Waals surface area contributed by atoms with Crippen LogP contribution in [0.25, 0.3) is 0 Å². The van der Waals surface area contributed by atoms with Gasteiger partial charge in [-0.3, -0.25) is 0 Å². The van der Waals surface area contributed by atoms with Crippen LogP contribution < -0.4 is 0 Å². The maximum Gasteiger partial charge on any atom is 0.244 e. The second-order valence-corrected chi connectivity index (χ2v) is 5.87. The zero-order valence-corrected chi connectivity index (χ0v) is 14.2. The molecule has 0 radical (unpaired) electrons. The van der Waals surface area contributed by atoms with Gasteiger partial charge in [0.05, 0.1) is 0 Å². The molecule has 0 N–H and O–H groups in total. The fourth-order valence-corrected chi connectivity index (χ4v) is 2.51. The van der Waals surface area contributed by atoms with Crippen LogP contribution in [0.15, 0.2) is 53.6 Å². The summed E-state index contributed by atoms with van der Waals surface area (Å²) in [6.07, 6.45) is 7.10. The highest BCUT2D eigenvalue weighted by Gasteiger charge is 2.04. The molecule has 23 heavy (non-hydrogen) atoms. The summed E-state index contributed by atoms with van der Waals surface area (Å²) in [5.41, 5.74) is 3.78. The number of hydrogen-bond donors (Lipinski definition) is 0. The normalized spacial score (nSPS) is 11.7. The lowest BCUT2D eigenvalue weighted by molar-refractivity contribution is -0.435. The standard InChI is InChI=1S/C20H26N2O/c1-3-5-6-7-8-18-11-15-20(16-12-18)22(23)21-19-13-9-17(4-2)10-14-19/h9-16H,3-8H2,1-2H3. The molecule has 0 bridgehead atoms. The molecule has 0 aromatic heterocycles. The van der Waals surface area contributed by atoms with Gasteiger partial charge in [-0.15, -0.1) is 0 Å². The lowest BCUT2D eigenvalue weighted by Crippen LogP contribution is -1.92. The molecule has 3 nitrogen and oxygen atoms in total. The van der Waals surface area contributed by atoms with E-state index in [2.05, 4.69) is 19.0 Å². The molecule has 0 fully saturated rings. The van der Waals surface area contributed by atoms with Gasteiger partial charge in [-0.25, -0.2) is 0 Å². The predicted molar refractivity (Wildman–Crippen MR) is 95.5 cm³/mol. The second-order valence-electron chi connectivity index (χ2n) is 5.87. The number of nitrogens with zero attached hydrogens (tertiary/aromatic N) is 2. The Morgan fingerprint density at radius 3 is 2.09 bits per heavy atom. The maximum absolute atomic E-state index is 12.1. The fraction of sp³-hybridized carbons (Fsp3) is 0.400. The van der Waals surface area contributed by atoms with Crippen molar-refractivity contribution in [3.05, 3.63) is 64.9 Å². The van der Waals surface area contributed by atoms with E-state index in [4.69, 9.17) is 0 Å². The number of rotatable bonds is 8. The summed E-state index contributed by atoms with van der Waals surface area (Å²) in [6.45, 7) is 4.33. The highest BCUT2D eigenvalue weighted by molar-refractivity contribution is 5.38. The maximum atomic E-state index is 12.1. The fourth-order valence-electron chi connectivity index (χ4n) is 2.51. The van der Waals surface area contributed by atoms with Crippen molar-refractivity contribution in [3.8, 4) is 0 Å². The van der Waals surface area contributed by atoms with Crippen molar-refractivity contribution < 1.29 is 4.86 Å². The smallest absolute Gasteiger partial charge is 0.244 e. The Morgan fingerprint density at radius 1 is 0.826 bits per heavy atom. The minimum absolute atomic E-state index is 0.571. The van der Waals surface area contributed by atoms with Crippen LogP contribution >= 0.6 is 0 Å². The van der Waals surface area contributed by atoms with Crippen molar-refractivity contribution in [2.75, 3.05) is 0 Å². The van der Waals surface area contributed by atoms with Crippen molar-refractivity contribution in [1.82, 2.24) is 0 Å². The van der Waals surface area contributed by atoms with Gasteiger partial charge in [0, 0.05) is 17.2 Å². The van der Waals surface area contributed by atoms with Crippen molar-refractivity contribution in [2.45, 2.75) is 52.4 Å². The van der Waals surface area contributed by atoms with Gasteiger partial charge in [0.15, 0.2) is 0 Å². The zero-order chi connectivity index (χ0) is 16.5. The third-order valence-electron chi connectivity index (χ3n) is 4.03. The lowest BCUT2D eigenvalue weighted by Gasteiger charge is -2.03. The summed E-state index contributed by atoms with van der Waals surface area (Å²) in [7, 11) is 0. The van der Waals surface area contributed by atoms with E-state index in [1.165, 1.54) is 36.8 Å². The van der Waals surface area contributed by atoms with Crippen LogP contribution in [0, 0.1) is 5.21 Å². The topological polar surface area (TPSA) is 38.4 Å². The summed E-state index contributed by atoms with van der Waals surface area (Å²) < 4.78 is 0. The van der Waals surface area contributed by atoms with Gasteiger partial charge in [-0.05, 0) is 42.5 Å². The average Bonchev–Trinajstić information content (AvgIpc) is 2.60. The predicted octanol–water partition coefficient (Wildman–Crippen LogP) is 6.30. The lowest BCUT2D eigenvalue weighted by atomic mass is 10.1. The van der Waals surface area contributed by atoms with Gasteiger partial charge in [-0.1, -0.05) is 62.2 Å². The molecule has 122 valence electrons. The van der Waals surface area contributed by atoms with E-state index in [9.17, 15) is 5.21 Å². The molecule has 0 atom stereocenters. The number of benzene rings is 2. The number of azo groups is 1. The molecule has 2 aromatic rings. The van der Waals surface area contributed by atoms with Crippen LogP contribution in [0.4, 0.5) is 11.4 Å². The Labute approximate surface area is 139 Å². The van der Waals surface area contributed by atoms with Gasteiger partial charge < -0.3 is 5.21 Å². The molecule has 2 rings (SSSR count). The molecule has 0 saturated heterocycles. The largest absolute Gasteiger partial charge is 0.594 e. The molecule has 3 heteroatoms. The molecule has 2 aromatic carbocycles. The number of unbranched alkanes of at least 4 members (excludes halogenated alkanes) is 3. The van der Waals surface area contributed by atoms with E-state index in [0.29, 0.717) is 16.2 Å². The van der Waals surface area contributed by atoms with Gasteiger partial charge in [-0.2, -0.15) is 0 Å². The van der Waals surface area contributed by atoms with Crippen molar-refractivity contribution in [2.24, 2.45) is 5.11 Å². The summed E-state index contributed by atoms with van der Waals surface area (Å²) in [5.74, 6) is 0. The van der Waals surface area contributed by atoms with Crippen molar-refractivity contribution >= 4 is 11.4 Å². The van der Waals surface area contributed by atoms with Crippen LogP contribution in [0.2, 0.25) is 0 Å². The second kappa shape index (κ2) is 9.09. The molecule has 0 saturated carbocycles. The van der Waals surface area contributed by atoms with Crippen molar-refractivity contribution in [3.63, 3.8) is 0 Å². The van der Waals surface area contributed by atoms with E-state index in [1.807, 2.05) is 48.5 Å². The third kappa shape index (κ3) is 5.51.